The van der Waals surface area contributed by atoms with E-state index in [1.807, 2.05) is 6.07 Å². The van der Waals surface area contributed by atoms with Crippen molar-refractivity contribution in [2.75, 3.05) is 0 Å². The van der Waals surface area contributed by atoms with Gasteiger partial charge in [-0.1, -0.05) is 36.4 Å². The van der Waals surface area contributed by atoms with Gasteiger partial charge in [0.2, 0.25) is 5.75 Å². The van der Waals surface area contributed by atoms with Crippen molar-refractivity contribution in [1.29, 1.82) is 5.26 Å². The predicted molar refractivity (Wildman–Crippen MR) is 95.2 cm³/mol. The zero-order valence-electron chi connectivity index (χ0n) is 13.5. The van der Waals surface area contributed by atoms with E-state index in [9.17, 15) is 14.9 Å². The largest absolute Gasteiger partial charge is 0.449 e. The summed E-state index contributed by atoms with van der Waals surface area (Å²) < 4.78 is 5.79. The first-order valence-electron chi connectivity index (χ1n) is 7.64. The molecule has 0 aliphatic carbocycles. The molecule has 126 valence electrons. The molecule has 0 radical (unpaired) electrons. The summed E-state index contributed by atoms with van der Waals surface area (Å²) in [5.74, 6) is 0.389. The van der Waals surface area contributed by atoms with Gasteiger partial charge in [0.05, 0.1) is 16.6 Å². The molecule has 0 saturated carbocycles. The molecule has 0 unspecified atom stereocenters. The molecular formula is C20H12N2O4. The molecule has 26 heavy (non-hydrogen) atoms. The van der Waals surface area contributed by atoms with E-state index in [1.54, 1.807) is 60.7 Å². The van der Waals surface area contributed by atoms with Crippen LogP contribution in [0.4, 0.5) is 5.69 Å². The number of hydrogen-bond donors (Lipinski definition) is 0. The van der Waals surface area contributed by atoms with E-state index >= 15 is 0 Å². The first-order valence-corrected chi connectivity index (χ1v) is 7.64. The summed E-state index contributed by atoms with van der Waals surface area (Å²) >= 11 is 0. The first kappa shape index (κ1) is 16.9. The summed E-state index contributed by atoms with van der Waals surface area (Å²) in [6.07, 6.45) is 0.694. The van der Waals surface area contributed by atoms with Crippen LogP contribution in [0.5, 0.6) is 11.5 Å². The second-order valence-electron chi connectivity index (χ2n) is 5.35. The predicted octanol–water partition coefficient (Wildman–Crippen LogP) is 4.74. The minimum Gasteiger partial charge on any atom is -0.449 e. The van der Waals surface area contributed by atoms with E-state index in [1.165, 1.54) is 6.07 Å². The number of nitriles is 1. The molecule has 0 aromatic heterocycles. The third-order valence-corrected chi connectivity index (χ3v) is 3.77. The molecule has 0 fully saturated rings. The van der Waals surface area contributed by atoms with Crippen LogP contribution in [0.15, 0.2) is 66.7 Å². The maximum absolute atomic E-state index is 11.5. The zero-order chi connectivity index (χ0) is 18.5. The summed E-state index contributed by atoms with van der Waals surface area (Å²) in [7, 11) is 0. The highest BCUT2D eigenvalue weighted by Crippen LogP contribution is 2.41. The van der Waals surface area contributed by atoms with Gasteiger partial charge in [-0.05, 0) is 29.8 Å². The van der Waals surface area contributed by atoms with E-state index in [2.05, 4.69) is 0 Å². The first-order chi connectivity index (χ1) is 12.6. The molecule has 3 rings (SSSR count). The van der Waals surface area contributed by atoms with Crippen molar-refractivity contribution >= 4 is 12.0 Å². The molecule has 0 spiro atoms. The van der Waals surface area contributed by atoms with E-state index in [4.69, 9.17) is 10.00 Å². The van der Waals surface area contributed by atoms with Gasteiger partial charge in [-0.25, -0.2) is 0 Å². The smallest absolute Gasteiger partial charge is 0.312 e. The van der Waals surface area contributed by atoms with E-state index < -0.39 is 4.92 Å². The van der Waals surface area contributed by atoms with Gasteiger partial charge in [0.15, 0.2) is 6.29 Å². The third-order valence-electron chi connectivity index (χ3n) is 3.77. The van der Waals surface area contributed by atoms with Gasteiger partial charge in [-0.2, -0.15) is 5.26 Å². The van der Waals surface area contributed by atoms with Crippen LogP contribution < -0.4 is 4.74 Å². The van der Waals surface area contributed by atoms with Crippen molar-refractivity contribution in [3.8, 4) is 28.7 Å². The fourth-order valence-electron chi connectivity index (χ4n) is 2.55. The molecule has 0 amide bonds. The highest BCUT2D eigenvalue weighted by Gasteiger charge is 2.22. The summed E-state index contributed by atoms with van der Waals surface area (Å²) in [5.41, 5.74) is 1.61. The van der Waals surface area contributed by atoms with E-state index in [0.29, 0.717) is 34.3 Å². The van der Waals surface area contributed by atoms with Gasteiger partial charge in [-0.15, -0.1) is 0 Å². The van der Waals surface area contributed by atoms with Crippen LogP contribution in [-0.2, 0) is 0 Å². The van der Waals surface area contributed by atoms with Crippen LogP contribution >= 0.6 is 0 Å². The standard InChI is InChI=1S/C20H12N2O4/c21-12-14-8-10-16(11-9-14)26-20-18(6-3-7-19(20)22(24)25)17-5-2-1-4-15(17)13-23/h1-11,13H. The lowest BCUT2D eigenvalue weighted by Crippen LogP contribution is -1.97. The van der Waals surface area contributed by atoms with Crippen molar-refractivity contribution in [3.05, 3.63) is 88.0 Å². The van der Waals surface area contributed by atoms with Gasteiger partial charge in [0.25, 0.3) is 0 Å². The highest BCUT2D eigenvalue weighted by atomic mass is 16.6. The minimum absolute atomic E-state index is 0.0384. The summed E-state index contributed by atoms with van der Waals surface area (Å²) in [4.78, 5) is 22.3. The lowest BCUT2D eigenvalue weighted by atomic mass is 9.99. The lowest BCUT2D eigenvalue weighted by molar-refractivity contribution is -0.385. The Kier molecular flexibility index (Phi) is 4.72. The number of carbonyl (C=O) groups is 1. The van der Waals surface area contributed by atoms with Crippen molar-refractivity contribution in [3.63, 3.8) is 0 Å². The molecule has 3 aromatic carbocycles. The SMILES string of the molecule is N#Cc1ccc(Oc2c(-c3ccccc3C=O)cccc2[N+](=O)[O-])cc1. The van der Waals surface area contributed by atoms with Gasteiger partial charge in [0, 0.05) is 17.2 Å². The van der Waals surface area contributed by atoms with Crippen LogP contribution in [0.25, 0.3) is 11.1 Å². The number of para-hydroxylation sites is 1. The van der Waals surface area contributed by atoms with Crippen molar-refractivity contribution in [1.82, 2.24) is 0 Å². The second-order valence-corrected chi connectivity index (χ2v) is 5.35. The molecular weight excluding hydrogens is 332 g/mol. The Hall–Kier alpha value is -3.98. The van der Waals surface area contributed by atoms with E-state index in [-0.39, 0.29) is 11.4 Å². The summed E-state index contributed by atoms with van der Waals surface area (Å²) in [5, 5.41) is 20.3. The number of nitro benzene ring substituents is 1. The Morgan fingerprint density at radius 1 is 0.962 bits per heavy atom. The quantitative estimate of drug-likeness (QED) is 0.378. The van der Waals surface area contributed by atoms with Gasteiger partial charge in [-0.3, -0.25) is 14.9 Å². The number of hydrogen-bond acceptors (Lipinski definition) is 5. The normalized spacial score (nSPS) is 9.96. The number of nitro groups is 1. The maximum Gasteiger partial charge on any atom is 0.312 e. The van der Waals surface area contributed by atoms with Crippen LogP contribution in [0.3, 0.4) is 0 Å². The molecule has 0 atom stereocenters. The Balaban J connectivity index is 2.16. The number of benzene rings is 3. The van der Waals surface area contributed by atoms with Crippen LogP contribution in [0.1, 0.15) is 15.9 Å². The Labute approximate surface area is 149 Å². The van der Waals surface area contributed by atoms with Gasteiger partial charge >= 0.3 is 5.69 Å². The van der Waals surface area contributed by atoms with Gasteiger partial charge < -0.3 is 4.74 Å². The van der Waals surface area contributed by atoms with Crippen LogP contribution in [0, 0.1) is 21.4 Å². The molecule has 0 N–H and O–H groups in total. The molecule has 3 aromatic rings. The minimum atomic E-state index is -0.536. The lowest BCUT2D eigenvalue weighted by Gasteiger charge is -2.13. The molecule has 0 aliphatic heterocycles. The maximum atomic E-state index is 11.5. The topological polar surface area (TPSA) is 93.2 Å². The summed E-state index contributed by atoms with van der Waals surface area (Å²) in [6.45, 7) is 0. The molecule has 0 saturated heterocycles. The Morgan fingerprint density at radius 2 is 1.65 bits per heavy atom. The number of aldehydes is 1. The Bertz CT molecular complexity index is 1020. The molecule has 0 heterocycles. The molecule has 0 bridgehead atoms. The van der Waals surface area contributed by atoms with Crippen LogP contribution in [0.2, 0.25) is 0 Å². The Morgan fingerprint density at radius 3 is 2.31 bits per heavy atom. The highest BCUT2D eigenvalue weighted by molar-refractivity contribution is 5.90. The number of rotatable bonds is 5. The van der Waals surface area contributed by atoms with Crippen molar-refractivity contribution < 1.29 is 14.5 Å². The third kappa shape index (κ3) is 3.28. The fraction of sp³-hybridized carbons (Fsp3) is 0. The van der Waals surface area contributed by atoms with Crippen LogP contribution in [-0.4, -0.2) is 11.2 Å². The summed E-state index contributed by atoms with van der Waals surface area (Å²) in [6, 6.07) is 19.6. The molecule has 6 nitrogen and oxygen atoms in total. The average Bonchev–Trinajstić information content (AvgIpc) is 2.68. The zero-order valence-corrected chi connectivity index (χ0v) is 13.5. The average molecular weight is 344 g/mol. The monoisotopic (exact) mass is 344 g/mol. The van der Waals surface area contributed by atoms with Crippen molar-refractivity contribution in [2.45, 2.75) is 0 Å². The number of carbonyl (C=O) groups excluding carboxylic acids is 1. The van der Waals surface area contributed by atoms with Crippen molar-refractivity contribution in [2.24, 2.45) is 0 Å². The van der Waals surface area contributed by atoms with E-state index in [0.717, 1.165) is 0 Å². The molecule has 0 aliphatic rings. The van der Waals surface area contributed by atoms with Gasteiger partial charge in [0.1, 0.15) is 5.75 Å². The fourth-order valence-corrected chi connectivity index (χ4v) is 2.55. The number of ether oxygens (including phenoxy) is 1. The molecule has 6 heteroatoms. The second kappa shape index (κ2) is 7.28. The number of nitrogens with zero attached hydrogens (tertiary/aromatic N) is 2.